The summed E-state index contributed by atoms with van der Waals surface area (Å²) >= 11 is 6.16. The van der Waals surface area contributed by atoms with Crippen molar-refractivity contribution in [1.29, 1.82) is 0 Å². The van der Waals surface area contributed by atoms with Crippen LogP contribution in [0.4, 0.5) is 10.1 Å². The molecule has 38 heavy (non-hydrogen) atoms. The van der Waals surface area contributed by atoms with Gasteiger partial charge < -0.3 is 10.3 Å². The molecular formula is C31H29ClFN3O2. The van der Waals surface area contributed by atoms with Crippen molar-refractivity contribution in [2.45, 2.75) is 44.2 Å². The Hall–Kier alpha value is -3.90. The van der Waals surface area contributed by atoms with Gasteiger partial charge in [0.1, 0.15) is 17.6 Å². The van der Waals surface area contributed by atoms with E-state index in [2.05, 4.69) is 10.3 Å². The molecule has 2 amide bonds. The summed E-state index contributed by atoms with van der Waals surface area (Å²) in [7, 11) is 0. The topological polar surface area (TPSA) is 65.2 Å². The molecule has 1 aromatic heterocycles. The molecule has 0 spiro atoms. The summed E-state index contributed by atoms with van der Waals surface area (Å²) in [5.41, 5.74) is 3.07. The number of hydrogen-bond donors (Lipinski definition) is 2. The normalized spacial score (nSPS) is 14.6. The van der Waals surface area contributed by atoms with Gasteiger partial charge in [0, 0.05) is 22.4 Å². The minimum absolute atomic E-state index is 0.0385. The van der Waals surface area contributed by atoms with Gasteiger partial charge in [0.15, 0.2) is 0 Å². The zero-order valence-corrected chi connectivity index (χ0v) is 21.6. The number of carbonyl (C=O) groups is 2. The predicted octanol–water partition coefficient (Wildman–Crippen LogP) is 7.31. The lowest BCUT2D eigenvalue weighted by Crippen LogP contribution is -2.47. The number of rotatable bonds is 7. The lowest BCUT2D eigenvalue weighted by atomic mass is 9.94. The van der Waals surface area contributed by atoms with Crippen molar-refractivity contribution in [2.75, 3.05) is 4.90 Å². The number of carbonyl (C=O) groups excluding carboxylic acids is 2. The maximum absolute atomic E-state index is 14.2. The Morgan fingerprint density at radius 3 is 2.24 bits per heavy atom. The quantitative estimate of drug-likeness (QED) is 0.263. The fourth-order valence-electron chi connectivity index (χ4n) is 5.01. The molecule has 1 atom stereocenters. The lowest BCUT2D eigenvalue weighted by Gasteiger charge is -2.33. The summed E-state index contributed by atoms with van der Waals surface area (Å²) in [6, 6.07) is 24.8. The molecule has 5 nitrogen and oxygen atoms in total. The number of nitrogens with one attached hydrogen (secondary N) is 2. The van der Waals surface area contributed by atoms with Crippen LogP contribution in [0.25, 0.3) is 11.3 Å². The van der Waals surface area contributed by atoms with E-state index in [1.54, 1.807) is 42.5 Å². The molecule has 2 N–H and O–H groups in total. The number of hydrogen-bond acceptors (Lipinski definition) is 2. The lowest BCUT2D eigenvalue weighted by molar-refractivity contribution is -0.123. The van der Waals surface area contributed by atoms with Gasteiger partial charge >= 0.3 is 0 Å². The number of anilines is 1. The van der Waals surface area contributed by atoms with E-state index < -0.39 is 11.9 Å². The van der Waals surface area contributed by atoms with Crippen molar-refractivity contribution in [2.24, 2.45) is 0 Å². The first-order valence-corrected chi connectivity index (χ1v) is 13.3. The van der Waals surface area contributed by atoms with Crippen molar-refractivity contribution in [3.63, 3.8) is 0 Å². The molecule has 7 heteroatoms. The minimum atomic E-state index is -1.02. The number of nitrogens with zero attached hydrogens (tertiary/aromatic N) is 1. The van der Waals surface area contributed by atoms with Crippen LogP contribution in [0.15, 0.2) is 91.0 Å². The molecule has 1 heterocycles. The smallest absolute Gasteiger partial charge is 0.275 e. The van der Waals surface area contributed by atoms with Crippen LogP contribution >= 0.6 is 11.6 Å². The van der Waals surface area contributed by atoms with Gasteiger partial charge in [-0.3, -0.25) is 14.5 Å². The van der Waals surface area contributed by atoms with Crippen LogP contribution in [0.2, 0.25) is 5.02 Å². The third-order valence-electron chi connectivity index (χ3n) is 6.97. The van der Waals surface area contributed by atoms with Crippen LogP contribution in [0.3, 0.4) is 0 Å². The Kier molecular flexibility index (Phi) is 7.89. The fraction of sp³-hybridized carbons (Fsp3) is 0.226. The number of H-pyrrole nitrogens is 1. The van der Waals surface area contributed by atoms with Gasteiger partial charge in [0.2, 0.25) is 5.91 Å². The molecule has 0 saturated heterocycles. The highest BCUT2D eigenvalue weighted by Crippen LogP contribution is 2.32. The Bertz CT molecular complexity index is 1380. The summed E-state index contributed by atoms with van der Waals surface area (Å²) in [5.74, 6) is -1.11. The molecule has 1 fully saturated rings. The van der Waals surface area contributed by atoms with Crippen LogP contribution in [0.1, 0.15) is 54.2 Å². The first kappa shape index (κ1) is 25.7. The Morgan fingerprint density at radius 2 is 1.55 bits per heavy atom. The van der Waals surface area contributed by atoms with E-state index in [0.717, 1.165) is 43.4 Å². The zero-order valence-electron chi connectivity index (χ0n) is 20.9. The highest BCUT2D eigenvalue weighted by atomic mass is 35.5. The molecule has 0 bridgehead atoms. The summed E-state index contributed by atoms with van der Waals surface area (Å²) in [5, 5.41) is 3.68. The third-order valence-corrected chi connectivity index (χ3v) is 7.22. The number of amides is 2. The predicted molar refractivity (Wildman–Crippen MR) is 149 cm³/mol. The minimum Gasteiger partial charge on any atom is -0.351 e. The number of halogens is 2. The van der Waals surface area contributed by atoms with E-state index in [0.29, 0.717) is 22.0 Å². The molecular weight excluding hydrogens is 501 g/mol. The summed E-state index contributed by atoms with van der Waals surface area (Å²) in [6.45, 7) is 0. The average Bonchev–Trinajstić information content (AvgIpc) is 3.44. The van der Waals surface area contributed by atoms with Gasteiger partial charge in [-0.05, 0) is 72.5 Å². The van der Waals surface area contributed by atoms with E-state index in [1.165, 1.54) is 17.0 Å². The largest absolute Gasteiger partial charge is 0.351 e. The molecule has 0 aliphatic heterocycles. The monoisotopic (exact) mass is 529 g/mol. The maximum atomic E-state index is 14.2. The zero-order chi connectivity index (χ0) is 26.5. The van der Waals surface area contributed by atoms with Crippen molar-refractivity contribution in [3.8, 4) is 11.3 Å². The molecule has 1 aliphatic rings. The SMILES string of the molecule is O=C(NC1CCCCC1)[C@@H](c1ccc(F)cc1)N(C(=O)c1ccc(-c2ccccc2)[nH]1)c1ccc(Cl)cc1. The maximum Gasteiger partial charge on any atom is 0.275 e. The van der Waals surface area contributed by atoms with E-state index in [4.69, 9.17) is 11.6 Å². The van der Waals surface area contributed by atoms with Gasteiger partial charge in [0.05, 0.1) is 0 Å². The number of aromatic amines is 1. The molecule has 4 aromatic rings. The first-order valence-electron chi connectivity index (χ1n) is 12.9. The highest BCUT2D eigenvalue weighted by Gasteiger charge is 2.35. The standard InChI is InChI=1S/C31H29ClFN3O2/c32-23-13-17-26(18-14-23)36(31(38)28-20-19-27(35-28)21-7-3-1-4-8-21)29(22-11-15-24(33)16-12-22)30(37)34-25-9-5-2-6-10-25/h1,3-4,7-8,11-20,25,29,35H,2,5-6,9-10H2,(H,34,37)/t29-/m1/s1. The van der Waals surface area contributed by atoms with Crippen molar-refractivity contribution >= 4 is 29.1 Å². The Balaban J connectivity index is 1.57. The third kappa shape index (κ3) is 5.81. The van der Waals surface area contributed by atoms with Crippen LogP contribution < -0.4 is 10.2 Å². The van der Waals surface area contributed by atoms with Crippen molar-refractivity contribution in [1.82, 2.24) is 10.3 Å². The van der Waals surface area contributed by atoms with Crippen LogP contribution in [0, 0.1) is 5.82 Å². The average molecular weight is 530 g/mol. The van der Waals surface area contributed by atoms with Crippen LogP contribution in [0.5, 0.6) is 0 Å². The second-order valence-corrected chi connectivity index (χ2v) is 10.0. The summed E-state index contributed by atoms with van der Waals surface area (Å²) in [6.07, 6.45) is 5.05. The van der Waals surface area contributed by atoms with E-state index in [-0.39, 0.29) is 17.9 Å². The van der Waals surface area contributed by atoms with E-state index in [1.807, 2.05) is 36.4 Å². The first-order chi connectivity index (χ1) is 18.5. The van der Waals surface area contributed by atoms with Crippen molar-refractivity contribution in [3.05, 3.63) is 113 Å². The number of aromatic nitrogens is 1. The molecule has 1 aliphatic carbocycles. The van der Waals surface area contributed by atoms with Gasteiger partial charge in [-0.25, -0.2) is 4.39 Å². The Morgan fingerprint density at radius 1 is 0.868 bits per heavy atom. The highest BCUT2D eigenvalue weighted by molar-refractivity contribution is 6.30. The van der Waals surface area contributed by atoms with Crippen LogP contribution in [-0.4, -0.2) is 22.8 Å². The second-order valence-electron chi connectivity index (χ2n) is 9.60. The van der Waals surface area contributed by atoms with E-state index in [9.17, 15) is 14.0 Å². The van der Waals surface area contributed by atoms with E-state index >= 15 is 0 Å². The van der Waals surface area contributed by atoms with Crippen LogP contribution in [-0.2, 0) is 4.79 Å². The molecule has 3 aromatic carbocycles. The number of benzene rings is 3. The van der Waals surface area contributed by atoms with Gasteiger partial charge in [-0.15, -0.1) is 0 Å². The second kappa shape index (κ2) is 11.7. The molecule has 0 radical (unpaired) electrons. The fourth-order valence-corrected chi connectivity index (χ4v) is 5.14. The molecule has 5 rings (SSSR count). The summed E-state index contributed by atoms with van der Waals surface area (Å²) in [4.78, 5) is 32.7. The molecule has 194 valence electrons. The van der Waals surface area contributed by atoms with Gasteiger partial charge in [0.25, 0.3) is 5.91 Å². The summed E-state index contributed by atoms with van der Waals surface area (Å²) < 4.78 is 13.9. The van der Waals surface area contributed by atoms with Gasteiger partial charge in [-0.2, -0.15) is 0 Å². The van der Waals surface area contributed by atoms with Gasteiger partial charge in [-0.1, -0.05) is 73.3 Å². The Labute approximate surface area is 226 Å². The molecule has 1 saturated carbocycles. The van der Waals surface area contributed by atoms with Crippen molar-refractivity contribution < 1.29 is 14.0 Å². The molecule has 0 unspecified atom stereocenters.